The zero-order valence-corrected chi connectivity index (χ0v) is 15.0. The number of amides is 2. The van der Waals surface area contributed by atoms with Crippen LogP contribution in [0, 0.1) is 0 Å². The van der Waals surface area contributed by atoms with E-state index in [0.29, 0.717) is 16.0 Å². The third-order valence-electron chi connectivity index (χ3n) is 4.03. The van der Waals surface area contributed by atoms with Crippen LogP contribution in [0.5, 0.6) is 0 Å². The quantitative estimate of drug-likeness (QED) is 0.842. The number of nitrogens with zero attached hydrogens (tertiary/aromatic N) is 2. The number of benzene rings is 1. The van der Waals surface area contributed by atoms with Crippen LogP contribution in [-0.2, 0) is 17.8 Å². The molecule has 7 heteroatoms. The summed E-state index contributed by atoms with van der Waals surface area (Å²) in [6, 6.07) is 8.51. The summed E-state index contributed by atoms with van der Waals surface area (Å²) < 4.78 is 2.47. The molecule has 3 rings (SSSR count). The summed E-state index contributed by atoms with van der Waals surface area (Å²) >= 11 is 3.37. The zero-order valence-electron chi connectivity index (χ0n) is 13.4. The maximum Gasteiger partial charge on any atom is 0.271 e. The second-order valence-electron chi connectivity index (χ2n) is 5.83. The molecule has 0 saturated carbocycles. The van der Waals surface area contributed by atoms with Gasteiger partial charge in [0.1, 0.15) is 22.2 Å². The molecule has 2 amide bonds. The molecule has 2 heterocycles. The average molecular weight is 391 g/mol. The van der Waals surface area contributed by atoms with E-state index in [1.165, 1.54) is 0 Å². The van der Waals surface area contributed by atoms with Crippen LogP contribution in [0.2, 0.25) is 0 Å². The predicted octanol–water partition coefficient (Wildman–Crippen LogP) is 2.74. The first kappa shape index (κ1) is 16.7. The highest BCUT2D eigenvalue weighted by Gasteiger charge is 2.25. The number of carbonyl (C=O) groups excluding carboxylic acids is 2. The van der Waals surface area contributed by atoms with Gasteiger partial charge in [0.05, 0.1) is 0 Å². The van der Waals surface area contributed by atoms with Gasteiger partial charge in [-0.05, 0) is 47.8 Å². The Morgan fingerprint density at radius 3 is 2.75 bits per heavy atom. The van der Waals surface area contributed by atoms with Crippen LogP contribution in [0.4, 0.5) is 5.69 Å². The molecule has 2 N–H and O–H groups in total. The van der Waals surface area contributed by atoms with Gasteiger partial charge >= 0.3 is 0 Å². The second kappa shape index (κ2) is 7.17. The van der Waals surface area contributed by atoms with E-state index in [9.17, 15) is 9.59 Å². The Labute approximate surface area is 148 Å². The largest absolute Gasteiger partial charge is 0.339 e. The molecule has 1 unspecified atom stereocenters. The Kier molecular flexibility index (Phi) is 4.99. The Morgan fingerprint density at radius 1 is 1.25 bits per heavy atom. The maximum atomic E-state index is 12.6. The molecule has 0 aliphatic carbocycles. The van der Waals surface area contributed by atoms with Crippen molar-refractivity contribution in [3.63, 3.8) is 0 Å². The highest BCUT2D eigenvalue weighted by molar-refractivity contribution is 9.10. The van der Waals surface area contributed by atoms with Crippen molar-refractivity contribution in [2.75, 3.05) is 5.32 Å². The van der Waals surface area contributed by atoms with E-state index >= 15 is 0 Å². The molecule has 0 spiro atoms. The zero-order chi connectivity index (χ0) is 17.1. The van der Waals surface area contributed by atoms with Crippen molar-refractivity contribution < 1.29 is 9.59 Å². The van der Waals surface area contributed by atoms with Gasteiger partial charge in [0.15, 0.2) is 0 Å². The topological polar surface area (TPSA) is 76.0 Å². The molecule has 24 heavy (non-hydrogen) atoms. The number of para-hydroxylation sites is 1. The number of aromatic nitrogens is 2. The lowest BCUT2D eigenvalue weighted by Crippen LogP contribution is -2.42. The number of hydrogen-bond donors (Lipinski definition) is 2. The van der Waals surface area contributed by atoms with E-state index in [2.05, 4.69) is 31.5 Å². The summed E-state index contributed by atoms with van der Waals surface area (Å²) in [6.07, 6.45) is 2.98. The Morgan fingerprint density at radius 2 is 2.00 bits per heavy atom. The minimum absolute atomic E-state index is 0.260. The number of aryl methyl sites for hydroxylation is 1. The molecule has 1 aliphatic heterocycles. The van der Waals surface area contributed by atoms with Crippen LogP contribution in [0.3, 0.4) is 0 Å². The van der Waals surface area contributed by atoms with Crippen molar-refractivity contribution >= 4 is 33.4 Å². The summed E-state index contributed by atoms with van der Waals surface area (Å²) in [5.41, 5.74) is 1.19. The van der Waals surface area contributed by atoms with Crippen LogP contribution < -0.4 is 10.6 Å². The smallest absolute Gasteiger partial charge is 0.271 e. The number of nitrogens with one attached hydrogen (secondary N) is 2. The Bertz CT molecular complexity index is 757. The monoisotopic (exact) mass is 390 g/mol. The van der Waals surface area contributed by atoms with Crippen LogP contribution in [-0.4, -0.2) is 27.4 Å². The van der Waals surface area contributed by atoms with Crippen LogP contribution in [0.1, 0.15) is 36.1 Å². The van der Waals surface area contributed by atoms with Gasteiger partial charge in [-0.3, -0.25) is 9.59 Å². The number of imidazole rings is 1. The number of carbonyl (C=O) groups is 2. The van der Waals surface area contributed by atoms with Gasteiger partial charge in [-0.1, -0.05) is 18.2 Å². The van der Waals surface area contributed by atoms with Crippen molar-refractivity contribution in [3.8, 4) is 0 Å². The predicted molar refractivity (Wildman–Crippen MR) is 94.9 cm³/mol. The van der Waals surface area contributed by atoms with Gasteiger partial charge in [0.25, 0.3) is 5.91 Å². The molecule has 0 saturated heterocycles. The number of halogens is 1. The van der Waals surface area contributed by atoms with Crippen molar-refractivity contribution in [3.05, 3.63) is 46.5 Å². The molecule has 2 aromatic rings. The van der Waals surface area contributed by atoms with Gasteiger partial charge in [-0.25, -0.2) is 4.98 Å². The van der Waals surface area contributed by atoms with E-state index in [1.54, 1.807) is 19.1 Å². The summed E-state index contributed by atoms with van der Waals surface area (Å²) in [5, 5.41) is 5.53. The third-order valence-corrected chi connectivity index (χ3v) is 4.59. The average Bonchev–Trinajstić information content (AvgIpc) is 2.91. The molecular formula is C17H19BrN4O2. The van der Waals surface area contributed by atoms with Gasteiger partial charge in [0.2, 0.25) is 5.91 Å². The third kappa shape index (κ3) is 3.51. The minimum atomic E-state index is -0.653. The first-order valence-corrected chi connectivity index (χ1v) is 8.77. The molecule has 1 aromatic heterocycles. The first-order valence-electron chi connectivity index (χ1n) is 7.98. The number of hydrogen-bond acceptors (Lipinski definition) is 3. The van der Waals surface area contributed by atoms with Crippen molar-refractivity contribution in [1.29, 1.82) is 0 Å². The molecule has 126 valence electrons. The molecule has 6 nitrogen and oxygen atoms in total. The molecule has 0 bridgehead atoms. The summed E-state index contributed by atoms with van der Waals surface area (Å²) in [5.74, 6) is 0.363. The fourth-order valence-corrected chi connectivity index (χ4v) is 3.37. The van der Waals surface area contributed by atoms with Crippen LogP contribution >= 0.6 is 15.9 Å². The standard InChI is InChI=1S/C17H19BrN4O2/c1-11(16(23)20-12-7-3-2-4-8-12)19-17(24)14-15(18)21-13-9-5-6-10-22(13)14/h2-4,7-8,11H,5-6,9-10H2,1H3,(H,19,24)(H,20,23). The highest BCUT2D eigenvalue weighted by Crippen LogP contribution is 2.23. The lowest BCUT2D eigenvalue weighted by molar-refractivity contribution is -0.117. The summed E-state index contributed by atoms with van der Waals surface area (Å²) in [4.78, 5) is 29.2. The molecule has 0 fully saturated rings. The Balaban J connectivity index is 1.68. The van der Waals surface area contributed by atoms with Crippen molar-refractivity contribution in [1.82, 2.24) is 14.9 Å². The maximum absolute atomic E-state index is 12.6. The fraction of sp³-hybridized carbons (Fsp3) is 0.353. The lowest BCUT2D eigenvalue weighted by atomic mass is 10.1. The van der Waals surface area contributed by atoms with Crippen LogP contribution in [0.25, 0.3) is 0 Å². The molecule has 1 atom stereocenters. The van der Waals surface area contributed by atoms with Crippen molar-refractivity contribution in [2.45, 2.75) is 38.8 Å². The van der Waals surface area contributed by atoms with Crippen molar-refractivity contribution in [2.24, 2.45) is 0 Å². The molecule has 0 radical (unpaired) electrons. The molecular weight excluding hydrogens is 372 g/mol. The fourth-order valence-electron chi connectivity index (χ4n) is 2.77. The molecule has 1 aromatic carbocycles. The minimum Gasteiger partial charge on any atom is -0.339 e. The van der Waals surface area contributed by atoms with Crippen LogP contribution in [0.15, 0.2) is 34.9 Å². The first-order chi connectivity index (χ1) is 11.6. The van der Waals surface area contributed by atoms with E-state index < -0.39 is 6.04 Å². The second-order valence-corrected chi connectivity index (χ2v) is 6.58. The Hall–Kier alpha value is -2.15. The highest BCUT2D eigenvalue weighted by atomic mass is 79.9. The molecule has 1 aliphatic rings. The normalized spacial score (nSPS) is 14.6. The number of rotatable bonds is 4. The number of anilines is 1. The van der Waals surface area contributed by atoms with Gasteiger partial charge in [-0.2, -0.15) is 0 Å². The van der Waals surface area contributed by atoms with Gasteiger partial charge in [0, 0.05) is 18.7 Å². The van der Waals surface area contributed by atoms with Gasteiger partial charge in [-0.15, -0.1) is 0 Å². The SMILES string of the molecule is CC(NC(=O)c1c(Br)nc2n1CCCC2)C(=O)Nc1ccccc1. The van der Waals surface area contributed by atoms with E-state index in [1.807, 2.05) is 22.8 Å². The van der Waals surface area contributed by atoms with E-state index in [0.717, 1.165) is 31.6 Å². The number of fused-ring (bicyclic) bond motifs is 1. The lowest BCUT2D eigenvalue weighted by Gasteiger charge is -2.18. The van der Waals surface area contributed by atoms with E-state index in [-0.39, 0.29) is 11.8 Å². The summed E-state index contributed by atoms with van der Waals surface area (Å²) in [6.45, 7) is 2.44. The van der Waals surface area contributed by atoms with Gasteiger partial charge < -0.3 is 15.2 Å². The van der Waals surface area contributed by atoms with E-state index in [4.69, 9.17) is 0 Å². The summed E-state index contributed by atoms with van der Waals surface area (Å²) in [7, 11) is 0.